The number of carbonyl (C=O) groups excluding carboxylic acids is 1. The molecule has 0 aliphatic carbocycles. The van der Waals surface area contributed by atoms with Gasteiger partial charge in [-0.1, -0.05) is 0 Å². The molecule has 36 heavy (non-hydrogen) atoms. The van der Waals surface area contributed by atoms with Crippen LogP contribution in [0.2, 0.25) is 0 Å². The predicted molar refractivity (Wildman–Crippen MR) is 124 cm³/mol. The third-order valence-electron chi connectivity index (χ3n) is 6.12. The number of rotatable bonds is 6. The molecule has 0 radical (unpaired) electrons. The first-order valence-electron chi connectivity index (χ1n) is 10.9. The number of amides is 1. The van der Waals surface area contributed by atoms with Crippen LogP contribution < -0.4 is 4.90 Å². The summed E-state index contributed by atoms with van der Waals surface area (Å²) >= 11 is 0. The van der Waals surface area contributed by atoms with Gasteiger partial charge in [0.15, 0.2) is 5.60 Å². The molecule has 2 aromatic carbocycles. The van der Waals surface area contributed by atoms with Crippen molar-refractivity contribution < 1.29 is 41.0 Å². The molecule has 8 nitrogen and oxygen atoms in total. The SMILES string of the molecule is CC(=O)N1CCc2cc(S(=O)(=O)n3c(COC(C)(C)C(=O)O)cc4cc(C(F)(F)F)ccc43)ccc21. The minimum Gasteiger partial charge on any atom is -0.479 e. The normalized spacial score (nSPS) is 14.3. The van der Waals surface area contributed by atoms with Gasteiger partial charge in [0.1, 0.15) is 0 Å². The van der Waals surface area contributed by atoms with Gasteiger partial charge in [0, 0.05) is 24.5 Å². The van der Waals surface area contributed by atoms with E-state index in [4.69, 9.17) is 4.74 Å². The first kappa shape index (κ1) is 25.7. The van der Waals surface area contributed by atoms with E-state index in [9.17, 15) is 36.3 Å². The van der Waals surface area contributed by atoms with E-state index in [2.05, 4.69) is 0 Å². The molecule has 192 valence electrons. The van der Waals surface area contributed by atoms with Crippen LogP contribution in [0.15, 0.2) is 47.4 Å². The highest BCUT2D eigenvalue weighted by molar-refractivity contribution is 7.90. The number of hydrogen-bond acceptors (Lipinski definition) is 5. The molecule has 1 aliphatic heterocycles. The lowest BCUT2D eigenvalue weighted by Gasteiger charge is -2.21. The molecule has 0 unspecified atom stereocenters. The molecule has 3 aromatic rings. The van der Waals surface area contributed by atoms with E-state index in [0.29, 0.717) is 24.2 Å². The Bertz CT molecular complexity index is 1490. The number of nitrogens with zero attached hydrogens (tertiary/aromatic N) is 2. The van der Waals surface area contributed by atoms with E-state index in [0.717, 1.165) is 22.2 Å². The summed E-state index contributed by atoms with van der Waals surface area (Å²) in [5.41, 5.74) is -1.44. The quantitative estimate of drug-likeness (QED) is 0.519. The van der Waals surface area contributed by atoms with Crippen LogP contribution >= 0.6 is 0 Å². The average Bonchev–Trinajstić information content (AvgIpc) is 3.37. The molecular weight excluding hydrogens is 501 g/mol. The summed E-state index contributed by atoms with van der Waals surface area (Å²) in [6, 6.07) is 8.21. The Morgan fingerprint density at radius 2 is 1.78 bits per heavy atom. The topological polar surface area (TPSA) is 106 Å². The zero-order chi connectivity index (χ0) is 26.6. The molecule has 1 N–H and O–H groups in total. The van der Waals surface area contributed by atoms with E-state index in [1.54, 1.807) is 0 Å². The maximum Gasteiger partial charge on any atom is 0.416 e. The van der Waals surface area contributed by atoms with Gasteiger partial charge in [0.25, 0.3) is 10.0 Å². The summed E-state index contributed by atoms with van der Waals surface area (Å²) in [4.78, 5) is 24.7. The third kappa shape index (κ3) is 4.46. The molecular formula is C24H23F3N2O6S. The molecule has 0 saturated carbocycles. The van der Waals surface area contributed by atoms with Crippen LogP contribution in [0.4, 0.5) is 18.9 Å². The zero-order valence-electron chi connectivity index (χ0n) is 19.6. The lowest BCUT2D eigenvalue weighted by molar-refractivity contribution is -0.162. The van der Waals surface area contributed by atoms with E-state index < -0.39 is 39.9 Å². The van der Waals surface area contributed by atoms with Crippen LogP contribution in [0.5, 0.6) is 0 Å². The Kier molecular flexibility index (Phi) is 6.16. The first-order valence-corrected chi connectivity index (χ1v) is 12.3. The van der Waals surface area contributed by atoms with Gasteiger partial charge in [-0.2, -0.15) is 13.2 Å². The summed E-state index contributed by atoms with van der Waals surface area (Å²) in [6.07, 6.45) is -4.19. The minimum absolute atomic E-state index is 0.00375. The monoisotopic (exact) mass is 524 g/mol. The number of ether oxygens (including phenoxy) is 1. The molecule has 0 bridgehead atoms. The average molecular weight is 525 g/mol. The maximum absolute atomic E-state index is 13.8. The fourth-order valence-corrected chi connectivity index (χ4v) is 5.68. The predicted octanol–water partition coefficient (Wildman–Crippen LogP) is 4.19. The van der Waals surface area contributed by atoms with Crippen LogP contribution in [0, 0.1) is 0 Å². The van der Waals surface area contributed by atoms with Gasteiger partial charge in [-0.3, -0.25) is 4.79 Å². The van der Waals surface area contributed by atoms with Crippen LogP contribution in [0.25, 0.3) is 10.9 Å². The number of fused-ring (bicyclic) bond motifs is 2. The highest BCUT2D eigenvalue weighted by atomic mass is 32.2. The second-order valence-corrected chi connectivity index (χ2v) is 10.8. The van der Waals surface area contributed by atoms with Gasteiger partial charge in [-0.05, 0) is 68.3 Å². The summed E-state index contributed by atoms with van der Waals surface area (Å²) in [6.45, 7) is 3.88. The molecule has 0 fully saturated rings. The van der Waals surface area contributed by atoms with Gasteiger partial charge in [0.05, 0.1) is 28.3 Å². The number of benzene rings is 2. The summed E-state index contributed by atoms with van der Waals surface area (Å²) in [5, 5.41) is 9.34. The minimum atomic E-state index is -4.64. The fraction of sp³-hybridized carbons (Fsp3) is 0.333. The van der Waals surface area contributed by atoms with E-state index >= 15 is 0 Å². The van der Waals surface area contributed by atoms with Gasteiger partial charge < -0.3 is 14.7 Å². The van der Waals surface area contributed by atoms with Gasteiger partial charge in [0.2, 0.25) is 5.91 Å². The Labute approximate surface area is 204 Å². The third-order valence-corrected chi connectivity index (χ3v) is 7.88. The molecule has 1 amide bonds. The Balaban J connectivity index is 1.86. The second-order valence-electron chi connectivity index (χ2n) is 8.99. The van der Waals surface area contributed by atoms with Crippen LogP contribution in [0.3, 0.4) is 0 Å². The molecule has 4 rings (SSSR count). The lowest BCUT2D eigenvalue weighted by atomic mass is 10.1. The number of carbonyl (C=O) groups is 2. The largest absolute Gasteiger partial charge is 0.479 e. The van der Waals surface area contributed by atoms with Crippen molar-refractivity contribution in [1.82, 2.24) is 3.97 Å². The van der Waals surface area contributed by atoms with Crippen molar-refractivity contribution in [3.63, 3.8) is 0 Å². The Hall–Kier alpha value is -3.38. The number of aliphatic carboxylic acids is 1. The number of anilines is 1. The fourth-order valence-electron chi connectivity index (χ4n) is 4.10. The second kappa shape index (κ2) is 8.63. The maximum atomic E-state index is 13.8. The van der Waals surface area contributed by atoms with Crippen molar-refractivity contribution in [2.75, 3.05) is 11.4 Å². The highest BCUT2D eigenvalue weighted by Crippen LogP contribution is 2.36. The van der Waals surface area contributed by atoms with Crippen molar-refractivity contribution in [3.8, 4) is 0 Å². The zero-order valence-corrected chi connectivity index (χ0v) is 20.4. The Morgan fingerprint density at radius 1 is 1.08 bits per heavy atom. The van der Waals surface area contributed by atoms with Crippen LogP contribution in [-0.2, 0) is 43.6 Å². The number of halogens is 3. The summed E-state index contributed by atoms with van der Waals surface area (Å²) in [5.74, 6) is -1.47. The molecule has 2 heterocycles. The van der Waals surface area contributed by atoms with Crippen molar-refractivity contribution in [2.45, 2.75) is 50.5 Å². The Morgan fingerprint density at radius 3 is 2.39 bits per heavy atom. The number of hydrogen-bond donors (Lipinski definition) is 1. The number of carboxylic acid groups (broad SMARTS) is 1. The molecule has 0 saturated heterocycles. The van der Waals surface area contributed by atoms with Gasteiger partial charge >= 0.3 is 12.1 Å². The van der Waals surface area contributed by atoms with Gasteiger partial charge in [-0.15, -0.1) is 0 Å². The smallest absolute Gasteiger partial charge is 0.416 e. The van der Waals surface area contributed by atoms with Gasteiger partial charge in [-0.25, -0.2) is 17.2 Å². The number of alkyl halides is 3. The summed E-state index contributed by atoms with van der Waals surface area (Å²) in [7, 11) is -4.34. The molecule has 1 aliphatic rings. The standard InChI is InChI=1S/C24H23F3N2O6S/c1-14(30)28-9-8-15-12-19(5-7-20(15)28)36(33,34)29-18(13-35-23(2,3)22(31)32)11-16-10-17(24(25,26)27)4-6-21(16)29/h4-7,10-12H,8-9,13H2,1-3H3,(H,31,32). The molecule has 0 atom stereocenters. The van der Waals surface area contributed by atoms with E-state index in [1.807, 2.05) is 0 Å². The van der Waals surface area contributed by atoms with Crippen molar-refractivity contribution in [3.05, 3.63) is 59.3 Å². The van der Waals surface area contributed by atoms with Crippen molar-refractivity contribution in [2.24, 2.45) is 0 Å². The number of aromatic nitrogens is 1. The summed E-state index contributed by atoms with van der Waals surface area (Å²) < 4.78 is 73.7. The number of carboxylic acids is 1. The molecule has 1 aromatic heterocycles. The first-order chi connectivity index (χ1) is 16.6. The molecule has 12 heteroatoms. The highest BCUT2D eigenvalue weighted by Gasteiger charge is 2.34. The van der Waals surface area contributed by atoms with E-state index in [-0.39, 0.29) is 27.4 Å². The van der Waals surface area contributed by atoms with Crippen LogP contribution in [0.1, 0.15) is 37.6 Å². The van der Waals surface area contributed by atoms with Crippen LogP contribution in [-0.4, -0.2) is 41.5 Å². The van der Waals surface area contributed by atoms with Crippen molar-refractivity contribution >= 4 is 38.5 Å². The van der Waals surface area contributed by atoms with E-state index in [1.165, 1.54) is 49.9 Å². The lowest BCUT2D eigenvalue weighted by Crippen LogP contribution is -2.34. The van der Waals surface area contributed by atoms with Crippen molar-refractivity contribution in [1.29, 1.82) is 0 Å². The molecule has 0 spiro atoms.